The van der Waals surface area contributed by atoms with E-state index in [1.807, 2.05) is 30.7 Å². The maximum atomic E-state index is 12.6. The molecule has 0 aromatic carbocycles. The number of fused-ring (bicyclic) bond motifs is 1. The highest BCUT2D eigenvalue weighted by atomic mass is 16.1. The number of amides is 1. The molecule has 0 bridgehead atoms. The van der Waals surface area contributed by atoms with Crippen LogP contribution in [-0.4, -0.2) is 30.3 Å². The highest BCUT2D eigenvalue weighted by Crippen LogP contribution is 2.20. The van der Waals surface area contributed by atoms with Crippen LogP contribution in [0.3, 0.4) is 0 Å². The van der Waals surface area contributed by atoms with Gasteiger partial charge < -0.3 is 5.32 Å². The quantitative estimate of drug-likeness (QED) is 0.781. The van der Waals surface area contributed by atoms with Gasteiger partial charge in [0.1, 0.15) is 5.82 Å². The molecule has 0 aliphatic heterocycles. The van der Waals surface area contributed by atoms with E-state index in [0.29, 0.717) is 23.1 Å². The zero-order valence-electron chi connectivity index (χ0n) is 14.4. The van der Waals surface area contributed by atoms with Gasteiger partial charge in [0, 0.05) is 5.69 Å². The van der Waals surface area contributed by atoms with Gasteiger partial charge in [-0.05, 0) is 38.8 Å². The fourth-order valence-corrected chi connectivity index (χ4v) is 2.92. The smallest absolute Gasteiger partial charge is 0.259 e. The van der Waals surface area contributed by atoms with E-state index in [0.717, 1.165) is 24.2 Å². The summed E-state index contributed by atoms with van der Waals surface area (Å²) in [5, 5.41) is 11.6. The molecule has 0 unspecified atom stereocenters. The molecule has 0 aliphatic carbocycles. The Bertz CT molecular complexity index is 874. The van der Waals surface area contributed by atoms with Gasteiger partial charge in [-0.3, -0.25) is 9.48 Å². The highest BCUT2D eigenvalue weighted by Gasteiger charge is 2.18. The maximum Gasteiger partial charge on any atom is 0.259 e. The lowest BCUT2D eigenvalue weighted by Gasteiger charge is -2.15. The Labute approximate surface area is 140 Å². The first-order valence-electron chi connectivity index (χ1n) is 8.22. The number of aromatic nitrogens is 5. The molecule has 7 nitrogen and oxygen atoms in total. The Morgan fingerprint density at radius 2 is 2.00 bits per heavy atom. The van der Waals surface area contributed by atoms with Crippen LogP contribution in [0.2, 0.25) is 0 Å². The lowest BCUT2D eigenvalue weighted by Crippen LogP contribution is -2.15. The zero-order chi connectivity index (χ0) is 17.3. The second kappa shape index (κ2) is 6.43. The van der Waals surface area contributed by atoms with Crippen molar-refractivity contribution in [1.82, 2.24) is 24.4 Å². The van der Waals surface area contributed by atoms with Gasteiger partial charge in [0.25, 0.3) is 5.91 Å². The average Bonchev–Trinajstić information content (AvgIpc) is 3.11. The van der Waals surface area contributed by atoms with Gasteiger partial charge in [0.05, 0.1) is 29.7 Å². The van der Waals surface area contributed by atoms with E-state index in [1.54, 1.807) is 16.9 Å². The Kier molecular flexibility index (Phi) is 4.33. The second-order valence-electron chi connectivity index (χ2n) is 5.89. The van der Waals surface area contributed by atoms with Crippen LogP contribution in [-0.2, 0) is 0 Å². The lowest BCUT2D eigenvalue weighted by molar-refractivity contribution is 0.102. The molecular weight excluding hydrogens is 304 g/mol. The molecule has 3 aromatic rings. The van der Waals surface area contributed by atoms with Crippen molar-refractivity contribution in [3.05, 3.63) is 41.6 Å². The molecule has 0 atom stereocenters. The van der Waals surface area contributed by atoms with Crippen molar-refractivity contribution in [2.24, 2.45) is 0 Å². The van der Waals surface area contributed by atoms with Crippen molar-refractivity contribution in [2.45, 2.75) is 46.6 Å². The van der Waals surface area contributed by atoms with Crippen LogP contribution >= 0.6 is 0 Å². The molecule has 126 valence electrons. The number of nitrogens with one attached hydrogen (secondary N) is 1. The molecule has 0 saturated carbocycles. The SMILES string of the molecule is CCC(CC)n1ncc(C(=O)Nc2ccc3nc(C)nn3c2)c1C. The van der Waals surface area contributed by atoms with Gasteiger partial charge in [-0.15, -0.1) is 0 Å². The van der Waals surface area contributed by atoms with Crippen LogP contribution in [0, 0.1) is 13.8 Å². The number of pyridine rings is 1. The third-order valence-electron chi connectivity index (χ3n) is 4.27. The topological polar surface area (TPSA) is 77.1 Å². The van der Waals surface area contributed by atoms with E-state index in [4.69, 9.17) is 0 Å². The van der Waals surface area contributed by atoms with E-state index in [1.165, 1.54) is 0 Å². The van der Waals surface area contributed by atoms with E-state index in [9.17, 15) is 4.79 Å². The van der Waals surface area contributed by atoms with Crippen LogP contribution in [0.5, 0.6) is 0 Å². The Balaban J connectivity index is 1.83. The fraction of sp³-hybridized carbons (Fsp3) is 0.412. The Morgan fingerprint density at radius 3 is 2.71 bits per heavy atom. The van der Waals surface area contributed by atoms with Gasteiger partial charge in [0.2, 0.25) is 0 Å². The van der Waals surface area contributed by atoms with Crippen molar-refractivity contribution < 1.29 is 4.79 Å². The van der Waals surface area contributed by atoms with E-state index in [2.05, 4.69) is 34.3 Å². The van der Waals surface area contributed by atoms with Crippen molar-refractivity contribution in [3.63, 3.8) is 0 Å². The zero-order valence-corrected chi connectivity index (χ0v) is 14.4. The molecule has 0 saturated heterocycles. The lowest BCUT2D eigenvalue weighted by atomic mass is 10.1. The predicted molar refractivity (Wildman–Crippen MR) is 92.3 cm³/mol. The van der Waals surface area contributed by atoms with Gasteiger partial charge in [-0.2, -0.15) is 10.2 Å². The van der Waals surface area contributed by atoms with Crippen molar-refractivity contribution in [2.75, 3.05) is 5.32 Å². The summed E-state index contributed by atoms with van der Waals surface area (Å²) in [7, 11) is 0. The first kappa shape index (κ1) is 16.2. The Morgan fingerprint density at radius 1 is 1.25 bits per heavy atom. The third kappa shape index (κ3) is 2.89. The summed E-state index contributed by atoms with van der Waals surface area (Å²) in [6.07, 6.45) is 5.37. The van der Waals surface area contributed by atoms with Crippen LogP contribution in [0.1, 0.15) is 54.6 Å². The van der Waals surface area contributed by atoms with Gasteiger partial charge >= 0.3 is 0 Å². The summed E-state index contributed by atoms with van der Waals surface area (Å²) in [6, 6.07) is 3.97. The molecular formula is C17H22N6O. The number of rotatable bonds is 5. The number of anilines is 1. The largest absolute Gasteiger partial charge is 0.320 e. The molecule has 3 heterocycles. The molecule has 3 aromatic heterocycles. The number of hydrogen-bond donors (Lipinski definition) is 1. The third-order valence-corrected chi connectivity index (χ3v) is 4.27. The average molecular weight is 326 g/mol. The molecule has 1 amide bonds. The van der Waals surface area contributed by atoms with Crippen molar-refractivity contribution >= 4 is 17.2 Å². The minimum Gasteiger partial charge on any atom is -0.320 e. The standard InChI is InChI=1S/C17H22N6O/c1-5-14(6-2)23-11(3)15(9-18-23)17(24)20-13-7-8-16-19-12(4)21-22(16)10-13/h7-10,14H,5-6H2,1-4H3,(H,20,24). The highest BCUT2D eigenvalue weighted by molar-refractivity contribution is 6.04. The summed E-state index contributed by atoms with van der Waals surface area (Å²) >= 11 is 0. The summed E-state index contributed by atoms with van der Waals surface area (Å²) in [4.78, 5) is 16.9. The van der Waals surface area contributed by atoms with E-state index < -0.39 is 0 Å². The van der Waals surface area contributed by atoms with E-state index >= 15 is 0 Å². The fourth-order valence-electron chi connectivity index (χ4n) is 2.92. The predicted octanol–water partition coefficient (Wildman–Crippen LogP) is 3.16. The number of carbonyl (C=O) groups is 1. The van der Waals surface area contributed by atoms with Gasteiger partial charge in [-0.1, -0.05) is 13.8 Å². The van der Waals surface area contributed by atoms with Crippen molar-refractivity contribution in [1.29, 1.82) is 0 Å². The summed E-state index contributed by atoms with van der Waals surface area (Å²) in [5.41, 5.74) is 2.91. The van der Waals surface area contributed by atoms with Gasteiger partial charge in [0.15, 0.2) is 5.65 Å². The Hall–Kier alpha value is -2.70. The number of aryl methyl sites for hydroxylation is 1. The summed E-state index contributed by atoms with van der Waals surface area (Å²) in [5.74, 6) is 0.529. The van der Waals surface area contributed by atoms with Crippen molar-refractivity contribution in [3.8, 4) is 0 Å². The molecule has 0 fully saturated rings. The molecule has 24 heavy (non-hydrogen) atoms. The second-order valence-corrected chi connectivity index (χ2v) is 5.89. The van der Waals surface area contributed by atoms with Crippen LogP contribution in [0.25, 0.3) is 5.65 Å². The minimum absolute atomic E-state index is 0.166. The first-order chi connectivity index (χ1) is 11.5. The minimum atomic E-state index is -0.166. The van der Waals surface area contributed by atoms with Gasteiger partial charge in [-0.25, -0.2) is 9.50 Å². The van der Waals surface area contributed by atoms with Crippen LogP contribution in [0.4, 0.5) is 5.69 Å². The maximum absolute atomic E-state index is 12.6. The number of nitrogens with zero attached hydrogens (tertiary/aromatic N) is 5. The monoisotopic (exact) mass is 326 g/mol. The first-order valence-corrected chi connectivity index (χ1v) is 8.22. The molecule has 1 N–H and O–H groups in total. The normalized spacial score (nSPS) is 11.4. The molecule has 0 aliphatic rings. The van der Waals surface area contributed by atoms with E-state index in [-0.39, 0.29) is 5.91 Å². The summed E-state index contributed by atoms with van der Waals surface area (Å²) in [6.45, 7) is 8.03. The number of carbonyl (C=O) groups excluding carboxylic acids is 1. The van der Waals surface area contributed by atoms with Crippen LogP contribution in [0.15, 0.2) is 24.5 Å². The molecule has 0 radical (unpaired) electrons. The summed E-state index contributed by atoms with van der Waals surface area (Å²) < 4.78 is 3.60. The number of hydrogen-bond acceptors (Lipinski definition) is 4. The molecule has 7 heteroatoms. The van der Waals surface area contributed by atoms with Crippen LogP contribution < -0.4 is 5.32 Å². The molecule has 3 rings (SSSR count). The molecule has 0 spiro atoms.